The molecule has 20 heavy (non-hydrogen) atoms. The standard InChI is InChI=1S/C13H16N2O5/c1-6-3-7(2)14-11(17)10(6)12(18)15-5-8(16)4-9(15)13(19)20/h3,8-9,16H,4-5H2,1-2H3,(H,14,17)(H,19,20)/t8-,9-/m1/s1. The number of aliphatic hydroxyl groups excluding tert-OH is 1. The fourth-order valence-electron chi connectivity index (χ4n) is 2.54. The molecule has 7 heteroatoms. The zero-order valence-electron chi connectivity index (χ0n) is 11.2. The van der Waals surface area contributed by atoms with Gasteiger partial charge in [-0.2, -0.15) is 0 Å². The summed E-state index contributed by atoms with van der Waals surface area (Å²) in [6, 6.07) is 0.550. The van der Waals surface area contributed by atoms with Gasteiger partial charge in [-0.3, -0.25) is 9.59 Å². The average molecular weight is 280 g/mol. The number of carbonyl (C=O) groups excluding carboxylic acids is 1. The summed E-state index contributed by atoms with van der Waals surface area (Å²) in [5.74, 6) is -1.84. The minimum Gasteiger partial charge on any atom is -0.480 e. The second-order valence-electron chi connectivity index (χ2n) is 5.04. The topological polar surface area (TPSA) is 111 Å². The lowest BCUT2D eigenvalue weighted by molar-refractivity contribution is -0.141. The minimum absolute atomic E-state index is 0.0239. The van der Waals surface area contributed by atoms with Crippen LogP contribution in [-0.2, 0) is 4.79 Å². The highest BCUT2D eigenvalue weighted by atomic mass is 16.4. The zero-order valence-corrected chi connectivity index (χ0v) is 11.2. The zero-order chi connectivity index (χ0) is 15.0. The molecule has 2 heterocycles. The second kappa shape index (κ2) is 5.09. The molecule has 0 radical (unpaired) electrons. The first-order valence-electron chi connectivity index (χ1n) is 6.23. The molecule has 2 rings (SSSR count). The van der Waals surface area contributed by atoms with Gasteiger partial charge in [0.25, 0.3) is 11.5 Å². The van der Waals surface area contributed by atoms with Crippen molar-refractivity contribution >= 4 is 11.9 Å². The maximum absolute atomic E-state index is 12.4. The van der Waals surface area contributed by atoms with Crippen LogP contribution in [0.5, 0.6) is 0 Å². The molecule has 7 nitrogen and oxygen atoms in total. The monoisotopic (exact) mass is 280 g/mol. The van der Waals surface area contributed by atoms with E-state index in [1.807, 2.05) is 0 Å². The van der Waals surface area contributed by atoms with E-state index >= 15 is 0 Å². The third kappa shape index (κ3) is 2.44. The number of H-pyrrole nitrogens is 1. The van der Waals surface area contributed by atoms with Gasteiger partial charge in [0.05, 0.1) is 6.10 Å². The number of amides is 1. The van der Waals surface area contributed by atoms with E-state index in [2.05, 4.69) is 4.98 Å². The lowest BCUT2D eigenvalue weighted by Gasteiger charge is -2.21. The highest BCUT2D eigenvalue weighted by molar-refractivity contribution is 5.97. The van der Waals surface area contributed by atoms with Gasteiger partial charge in [-0.1, -0.05) is 0 Å². The number of aromatic nitrogens is 1. The largest absolute Gasteiger partial charge is 0.480 e. The number of aromatic amines is 1. The molecule has 1 aromatic rings. The van der Waals surface area contributed by atoms with Crippen molar-refractivity contribution in [2.75, 3.05) is 6.54 Å². The Bertz CT molecular complexity index is 622. The number of nitrogens with one attached hydrogen (secondary N) is 1. The molecule has 0 bridgehead atoms. The molecule has 0 unspecified atom stereocenters. The van der Waals surface area contributed by atoms with Crippen LogP contribution in [0.1, 0.15) is 28.0 Å². The number of nitrogens with zero attached hydrogens (tertiary/aromatic N) is 1. The molecule has 0 spiro atoms. The Balaban J connectivity index is 2.41. The third-order valence-corrected chi connectivity index (χ3v) is 3.40. The van der Waals surface area contributed by atoms with Gasteiger partial charge in [-0.05, 0) is 25.5 Å². The van der Waals surface area contributed by atoms with Crippen molar-refractivity contribution in [2.45, 2.75) is 32.4 Å². The van der Waals surface area contributed by atoms with Gasteiger partial charge in [-0.15, -0.1) is 0 Å². The summed E-state index contributed by atoms with van der Waals surface area (Å²) in [7, 11) is 0. The van der Waals surface area contributed by atoms with Crippen molar-refractivity contribution in [2.24, 2.45) is 0 Å². The lowest BCUT2D eigenvalue weighted by Crippen LogP contribution is -2.43. The Labute approximate surface area is 114 Å². The van der Waals surface area contributed by atoms with E-state index in [1.54, 1.807) is 19.9 Å². The molecular weight excluding hydrogens is 264 g/mol. The quantitative estimate of drug-likeness (QED) is 0.686. The van der Waals surface area contributed by atoms with Gasteiger partial charge >= 0.3 is 5.97 Å². The number of carboxylic acid groups (broad SMARTS) is 1. The van der Waals surface area contributed by atoms with Gasteiger partial charge in [0.2, 0.25) is 0 Å². The molecule has 1 fully saturated rings. The van der Waals surface area contributed by atoms with Crippen molar-refractivity contribution in [1.29, 1.82) is 0 Å². The van der Waals surface area contributed by atoms with E-state index in [1.165, 1.54) is 0 Å². The van der Waals surface area contributed by atoms with Crippen LogP contribution in [0.2, 0.25) is 0 Å². The third-order valence-electron chi connectivity index (χ3n) is 3.40. The first kappa shape index (κ1) is 14.3. The van der Waals surface area contributed by atoms with Gasteiger partial charge < -0.3 is 20.1 Å². The Morgan fingerprint density at radius 2 is 2.05 bits per heavy atom. The number of β-amino-alcohol motifs (C(OH)–C–C–N with tert-alkyl or cyclic N) is 1. The van der Waals surface area contributed by atoms with Crippen LogP contribution in [0, 0.1) is 13.8 Å². The lowest BCUT2D eigenvalue weighted by atomic mass is 10.1. The minimum atomic E-state index is -1.18. The number of aliphatic hydroxyl groups is 1. The predicted octanol–water partition coefficient (Wildman–Crippen LogP) is -0.348. The van der Waals surface area contributed by atoms with E-state index in [0.717, 1.165) is 4.90 Å². The van der Waals surface area contributed by atoms with Crippen molar-refractivity contribution in [3.63, 3.8) is 0 Å². The van der Waals surface area contributed by atoms with Crippen LogP contribution < -0.4 is 5.56 Å². The summed E-state index contributed by atoms with van der Waals surface area (Å²) in [4.78, 5) is 39.0. The van der Waals surface area contributed by atoms with Crippen LogP contribution in [0.25, 0.3) is 0 Å². The summed E-state index contributed by atoms with van der Waals surface area (Å²) < 4.78 is 0. The van der Waals surface area contributed by atoms with Gasteiger partial charge in [0, 0.05) is 18.7 Å². The van der Waals surface area contributed by atoms with Crippen LogP contribution in [0.15, 0.2) is 10.9 Å². The molecule has 2 atom stereocenters. The summed E-state index contributed by atoms with van der Waals surface area (Å²) in [5.41, 5.74) is 0.496. The summed E-state index contributed by atoms with van der Waals surface area (Å²) >= 11 is 0. The van der Waals surface area contributed by atoms with Crippen molar-refractivity contribution in [1.82, 2.24) is 9.88 Å². The molecule has 0 aliphatic carbocycles. The summed E-state index contributed by atoms with van der Waals surface area (Å²) in [5, 5.41) is 18.6. The van der Waals surface area contributed by atoms with Crippen LogP contribution in [0.4, 0.5) is 0 Å². The number of rotatable bonds is 2. The Morgan fingerprint density at radius 3 is 2.60 bits per heavy atom. The molecular formula is C13H16N2O5. The molecule has 108 valence electrons. The summed E-state index contributed by atoms with van der Waals surface area (Å²) in [6.45, 7) is 3.24. The molecule has 0 aromatic carbocycles. The average Bonchev–Trinajstić information content (AvgIpc) is 2.70. The first-order chi connectivity index (χ1) is 9.31. The van der Waals surface area contributed by atoms with Crippen LogP contribution >= 0.6 is 0 Å². The Hall–Kier alpha value is -2.15. The van der Waals surface area contributed by atoms with Gasteiger partial charge in [0.15, 0.2) is 0 Å². The second-order valence-corrected chi connectivity index (χ2v) is 5.04. The first-order valence-corrected chi connectivity index (χ1v) is 6.23. The molecule has 1 amide bonds. The summed E-state index contributed by atoms with van der Waals surface area (Å²) in [6.07, 6.45) is -0.908. The number of carbonyl (C=O) groups is 2. The molecule has 0 saturated carbocycles. The predicted molar refractivity (Wildman–Crippen MR) is 69.6 cm³/mol. The fraction of sp³-hybridized carbons (Fsp3) is 0.462. The number of pyridine rings is 1. The highest BCUT2D eigenvalue weighted by Gasteiger charge is 2.40. The van der Waals surface area contributed by atoms with E-state index in [4.69, 9.17) is 5.11 Å². The molecule has 1 aromatic heterocycles. The van der Waals surface area contributed by atoms with E-state index < -0.39 is 29.6 Å². The number of hydrogen-bond acceptors (Lipinski definition) is 4. The number of carboxylic acids is 1. The highest BCUT2D eigenvalue weighted by Crippen LogP contribution is 2.21. The van der Waals surface area contributed by atoms with Crippen LogP contribution in [0.3, 0.4) is 0 Å². The molecule has 3 N–H and O–H groups in total. The number of hydrogen-bond donors (Lipinski definition) is 3. The molecule has 1 saturated heterocycles. The number of aliphatic carboxylic acids is 1. The van der Waals surface area contributed by atoms with Crippen molar-refractivity contribution in [3.8, 4) is 0 Å². The van der Waals surface area contributed by atoms with Gasteiger partial charge in [0.1, 0.15) is 11.6 Å². The molecule has 1 aliphatic rings. The fourth-order valence-corrected chi connectivity index (χ4v) is 2.54. The van der Waals surface area contributed by atoms with Gasteiger partial charge in [-0.25, -0.2) is 4.79 Å². The maximum atomic E-state index is 12.4. The number of aryl methyl sites for hydroxylation is 2. The Kier molecular flexibility index (Phi) is 3.63. The normalized spacial score (nSPS) is 22.1. The molecule has 1 aliphatic heterocycles. The van der Waals surface area contributed by atoms with E-state index in [0.29, 0.717) is 11.3 Å². The Morgan fingerprint density at radius 1 is 1.40 bits per heavy atom. The van der Waals surface area contributed by atoms with E-state index in [-0.39, 0.29) is 18.5 Å². The van der Waals surface area contributed by atoms with E-state index in [9.17, 15) is 19.5 Å². The SMILES string of the molecule is Cc1cc(C)c(C(=O)N2C[C@H](O)C[C@@H]2C(=O)O)c(=O)[nH]1. The van der Waals surface area contributed by atoms with Crippen molar-refractivity contribution < 1.29 is 19.8 Å². The number of likely N-dealkylation sites (tertiary alicyclic amines) is 1. The van der Waals surface area contributed by atoms with Crippen molar-refractivity contribution in [3.05, 3.63) is 33.2 Å². The van der Waals surface area contributed by atoms with Crippen LogP contribution in [-0.4, -0.2) is 50.7 Å². The smallest absolute Gasteiger partial charge is 0.326 e. The maximum Gasteiger partial charge on any atom is 0.326 e.